The number of hydrogen-bond acceptors (Lipinski definition) is 8. The molecule has 0 unspecified atom stereocenters. The number of nitrogens with zero attached hydrogens (tertiary/aromatic N) is 1. The number of carbonyl (C=O) groups is 4. The van der Waals surface area contributed by atoms with E-state index in [4.69, 9.17) is 9.47 Å². The van der Waals surface area contributed by atoms with Crippen molar-refractivity contribution in [3.63, 3.8) is 0 Å². The minimum absolute atomic E-state index is 0.185. The number of ether oxygens (including phenoxy) is 3. The summed E-state index contributed by atoms with van der Waals surface area (Å²) in [6.07, 6.45) is 1.55. The summed E-state index contributed by atoms with van der Waals surface area (Å²) in [5.74, 6) is -0.719. The minimum Gasteiger partial charge on any atom is -0.493 e. The second-order valence-electron chi connectivity index (χ2n) is 6.60. The Hall–Kier alpha value is -2.38. The van der Waals surface area contributed by atoms with Gasteiger partial charge in [-0.15, -0.1) is 0 Å². The fourth-order valence-corrected chi connectivity index (χ4v) is 4.70. The van der Waals surface area contributed by atoms with Gasteiger partial charge in [-0.1, -0.05) is 28.1 Å². The molecule has 1 aliphatic rings. The monoisotopic (exact) mass is 645 g/mol. The molecule has 0 N–H and O–H groups in total. The highest BCUT2D eigenvalue weighted by Crippen LogP contribution is 2.37. The van der Waals surface area contributed by atoms with Crippen LogP contribution in [0.1, 0.15) is 15.9 Å². The number of hydrogen-bond donors (Lipinski definition) is 0. The van der Waals surface area contributed by atoms with E-state index in [1.165, 1.54) is 14.2 Å². The third-order valence-corrected chi connectivity index (χ3v) is 6.69. The molecule has 0 aromatic heterocycles. The van der Waals surface area contributed by atoms with Crippen molar-refractivity contribution in [3.8, 4) is 11.5 Å². The van der Waals surface area contributed by atoms with Gasteiger partial charge in [0.25, 0.3) is 11.1 Å². The van der Waals surface area contributed by atoms with Crippen molar-refractivity contribution in [1.82, 2.24) is 4.90 Å². The molecule has 1 heterocycles. The Bertz CT molecular complexity index is 1150. The first-order valence-corrected chi connectivity index (χ1v) is 12.0. The number of rotatable bonds is 8. The highest BCUT2D eigenvalue weighted by atomic mass is 127. The summed E-state index contributed by atoms with van der Waals surface area (Å²) in [7, 11) is 2.71. The topological polar surface area (TPSA) is 99.2 Å². The van der Waals surface area contributed by atoms with Crippen LogP contribution in [0.15, 0.2) is 45.8 Å². The molecule has 0 spiro atoms. The molecule has 1 fully saturated rings. The second-order valence-corrected chi connectivity index (χ2v) is 9.67. The lowest BCUT2D eigenvalue weighted by Crippen LogP contribution is -2.33. The number of halogens is 2. The predicted molar refractivity (Wildman–Crippen MR) is 134 cm³/mol. The van der Waals surface area contributed by atoms with E-state index in [0.717, 1.165) is 21.1 Å². The molecular formula is C22H17BrINO7S. The van der Waals surface area contributed by atoms with E-state index in [-0.39, 0.29) is 23.8 Å². The number of benzene rings is 2. The first kappa shape index (κ1) is 25.2. The molecule has 0 aliphatic carbocycles. The SMILES string of the molecule is COC(=O)COc1c(I)cc(/C=C2\SC(=O)N(CC(=O)c3ccc(Br)cc3)C2=O)cc1OC. The van der Waals surface area contributed by atoms with Gasteiger partial charge in [-0.2, -0.15) is 0 Å². The molecule has 1 aliphatic heterocycles. The van der Waals surface area contributed by atoms with Crippen molar-refractivity contribution in [2.75, 3.05) is 27.4 Å². The van der Waals surface area contributed by atoms with Crippen molar-refractivity contribution >= 4 is 79.3 Å². The van der Waals surface area contributed by atoms with Gasteiger partial charge in [0.15, 0.2) is 23.9 Å². The van der Waals surface area contributed by atoms with E-state index >= 15 is 0 Å². The average molecular weight is 646 g/mol. The van der Waals surface area contributed by atoms with Crippen LogP contribution in [-0.2, 0) is 14.3 Å². The van der Waals surface area contributed by atoms with Gasteiger partial charge in [-0.25, -0.2) is 4.79 Å². The lowest BCUT2D eigenvalue weighted by molar-refractivity contribution is -0.143. The first-order valence-electron chi connectivity index (χ1n) is 9.34. The molecule has 0 radical (unpaired) electrons. The molecule has 2 amide bonds. The van der Waals surface area contributed by atoms with E-state index in [1.807, 2.05) is 22.6 Å². The van der Waals surface area contributed by atoms with Gasteiger partial charge in [-0.05, 0) is 70.3 Å². The van der Waals surface area contributed by atoms with Crippen molar-refractivity contribution in [2.45, 2.75) is 0 Å². The van der Waals surface area contributed by atoms with Crippen LogP contribution in [0, 0.1) is 3.57 Å². The van der Waals surface area contributed by atoms with Crippen LogP contribution in [0.5, 0.6) is 11.5 Å². The summed E-state index contributed by atoms with van der Waals surface area (Å²) in [5, 5.41) is -0.517. The van der Waals surface area contributed by atoms with Gasteiger partial charge in [0.1, 0.15) is 0 Å². The van der Waals surface area contributed by atoms with Crippen molar-refractivity contribution in [2.24, 2.45) is 0 Å². The maximum Gasteiger partial charge on any atom is 0.343 e. The van der Waals surface area contributed by atoms with E-state index in [2.05, 4.69) is 20.7 Å². The number of imide groups is 1. The third-order valence-electron chi connectivity index (χ3n) is 4.45. The summed E-state index contributed by atoms with van der Waals surface area (Å²) < 4.78 is 16.9. The van der Waals surface area contributed by atoms with Crippen molar-refractivity contribution in [1.29, 1.82) is 0 Å². The Morgan fingerprint density at radius 3 is 2.48 bits per heavy atom. The van der Waals surface area contributed by atoms with E-state index in [9.17, 15) is 19.2 Å². The van der Waals surface area contributed by atoms with Gasteiger partial charge in [-0.3, -0.25) is 19.3 Å². The summed E-state index contributed by atoms with van der Waals surface area (Å²) in [4.78, 5) is 50.2. The smallest absolute Gasteiger partial charge is 0.343 e. The van der Waals surface area contributed by atoms with Gasteiger partial charge >= 0.3 is 5.97 Å². The first-order chi connectivity index (χ1) is 15.7. The standard InChI is InChI=1S/C22H17BrINO7S/c1-30-17-8-12(7-15(24)20(17)32-11-19(27)31-2)9-18-21(28)25(22(29)33-18)10-16(26)13-3-5-14(23)6-4-13/h3-9H,10-11H2,1-2H3/b18-9-. The number of carbonyl (C=O) groups excluding carboxylic acids is 4. The molecule has 172 valence electrons. The zero-order valence-electron chi connectivity index (χ0n) is 17.4. The number of methoxy groups -OCH3 is 2. The van der Waals surface area contributed by atoms with Gasteiger partial charge < -0.3 is 14.2 Å². The number of esters is 1. The molecule has 2 aromatic carbocycles. The Balaban J connectivity index is 1.79. The minimum atomic E-state index is -0.546. The van der Waals surface area contributed by atoms with Crippen LogP contribution in [0.4, 0.5) is 4.79 Å². The van der Waals surface area contributed by atoms with Crippen LogP contribution in [0.2, 0.25) is 0 Å². The van der Waals surface area contributed by atoms with E-state index in [1.54, 1.807) is 42.5 Å². The number of Topliss-reactive ketones (excluding diaryl/α,β-unsaturated/α-hetero) is 1. The quantitative estimate of drug-likeness (QED) is 0.179. The number of ketones is 1. The fourth-order valence-electron chi connectivity index (χ4n) is 2.81. The molecule has 33 heavy (non-hydrogen) atoms. The molecule has 1 saturated heterocycles. The maximum absolute atomic E-state index is 12.8. The number of thioether (sulfide) groups is 1. The largest absolute Gasteiger partial charge is 0.493 e. The molecule has 2 aromatic rings. The van der Waals surface area contributed by atoms with E-state index < -0.39 is 17.1 Å². The van der Waals surface area contributed by atoms with Crippen molar-refractivity contribution < 1.29 is 33.4 Å². The van der Waals surface area contributed by atoms with Gasteiger partial charge in [0.05, 0.1) is 29.2 Å². The number of amides is 2. The Morgan fingerprint density at radius 2 is 1.85 bits per heavy atom. The highest BCUT2D eigenvalue weighted by Gasteiger charge is 2.36. The van der Waals surface area contributed by atoms with Crippen LogP contribution in [-0.4, -0.2) is 55.2 Å². The lowest BCUT2D eigenvalue weighted by atomic mass is 10.1. The molecule has 0 atom stereocenters. The zero-order chi connectivity index (χ0) is 24.1. The summed E-state index contributed by atoms with van der Waals surface area (Å²) in [6.45, 7) is -0.627. The third kappa shape index (κ3) is 6.15. The van der Waals surface area contributed by atoms with Crippen LogP contribution >= 0.6 is 50.3 Å². The molecule has 11 heteroatoms. The summed E-state index contributed by atoms with van der Waals surface area (Å²) in [6, 6.07) is 10.0. The van der Waals surface area contributed by atoms with E-state index in [0.29, 0.717) is 26.2 Å². The predicted octanol–water partition coefficient (Wildman–Crippen LogP) is 4.53. The van der Waals surface area contributed by atoms with Crippen molar-refractivity contribution in [3.05, 3.63) is 60.5 Å². The van der Waals surface area contributed by atoms with Gasteiger partial charge in [0, 0.05) is 10.0 Å². The zero-order valence-corrected chi connectivity index (χ0v) is 22.0. The molecule has 0 saturated carbocycles. The van der Waals surface area contributed by atoms with Crippen LogP contribution in [0.25, 0.3) is 6.08 Å². The Kier molecular flexibility index (Phi) is 8.54. The average Bonchev–Trinajstić information content (AvgIpc) is 3.05. The maximum atomic E-state index is 12.8. The normalized spacial score (nSPS) is 14.5. The lowest BCUT2D eigenvalue weighted by Gasteiger charge is -2.13. The summed E-state index contributed by atoms with van der Waals surface area (Å²) in [5.41, 5.74) is 0.995. The molecule has 0 bridgehead atoms. The van der Waals surface area contributed by atoms with Crippen LogP contribution in [0.3, 0.4) is 0 Å². The molecule has 8 nitrogen and oxygen atoms in total. The van der Waals surface area contributed by atoms with Gasteiger partial charge in [0.2, 0.25) is 0 Å². The Morgan fingerprint density at radius 1 is 1.15 bits per heavy atom. The summed E-state index contributed by atoms with van der Waals surface area (Å²) >= 11 is 6.08. The second kappa shape index (κ2) is 11.2. The highest BCUT2D eigenvalue weighted by molar-refractivity contribution is 14.1. The fraction of sp³-hybridized carbons (Fsp3) is 0.182. The van der Waals surface area contributed by atoms with Crippen LogP contribution < -0.4 is 9.47 Å². The Labute approximate surface area is 215 Å². The molecular weight excluding hydrogens is 629 g/mol. The molecule has 3 rings (SSSR count).